The second-order valence-electron chi connectivity index (χ2n) is 7.53. The maximum atomic E-state index is 13.0. The fourth-order valence-electron chi connectivity index (χ4n) is 3.38. The van der Waals surface area contributed by atoms with E-state index in [4.69, 9.17) is 18.9 Å². The molecule has 36 heavy (non-hydrogen) atoms. The minimum absolute atomic E-state index is 0.00426. The summed E-state index contributed by atoms with van der Waals surface area (Å²) in [5.41, 5.74) is 4.20. The minimum atomic E-state index is -0.605. The fourth-order valence-corrected chi connectivity index (χ4v) is 3.38. The van der Waals surface area contributed by atoms with Gasteiger partial charge in [0, 0.05) is 5.56 Å². The predicted molar refractivity (Wildman–Crippen MR) is 134 cm³/mol. The average Bonchev–Trinajstić information content (AvgIpc) is 3.37. The molecule has 1 aliphatic heterocycles. The molecular formula is C27H25N3O6. The number of methoxy groups -OCH3 is 1. The molecule has 3 aromatic rings. The third-order valence-corrected chi connectivity index (χ3v) is 5.10. The number of ether oxygens (including phenoxy) is 4. The van der Waals surface area contributed by atoms with E-state index in [1.807, 2.05) is 6.92 Å². The summed E-state index contributed by atoms with van der Waals surface area (Å²) < 4.78 is 21.6. The van der Waals surface area contributed by atoms with Crippen LogP contribution in [0.3, 0.4) is 0 Å². The Kier molecular flexibility index (Phi) is 7.82. The third-order valence-electron chi connectivity index (χ3n) is 5.10. The Morgan fingerprint density at radius 3 is 2.53 bits per heavy atom. The molecule has 0 atom stereocenters. The monoisotopic (exact) mass is 487 g/mol. The smallest absolute Gasteiger partial charge is 0.287 e. The highest BCUT2D eigenvalue weighted by Crippen LogP contribution is 2.33. The molecule has 9 nitrogen and oxygen atoms in total. The molecule has 0 saturated heterocycles. The molecule has 2 N–H and O–H groups in total. The van der Waals surface area contributed by atoms with Gasteiger partial charge >= 0.3 is 0 Å². The van der Waals surface area contributed by atoms with Gasteiger partial charge in [0.05, 0.1) is 19.9 Å². The summed E-state index contributed by atoms with van der Waals surface area (Å²) in [6.07, 6.45) is 3.01. The van der Waals surface area contributed by atoms with Crippen LogP contribution in [-0.4, -0.2) is 38.5 Å². The molecule has 0 aromatic heterocycles. The Labute approximate surface area is 208 Å². The van der Waals surface area contributed by atoms with Gasteiger partial charge in [-0.15, -0.1) is 0 Å². The number of hydrogen-bond donors (Lipinski definition) is 2. The van der Waals surface area contributed by atoms with E-state index in [-0.39, 0.29) is 12.5 Å². The molecule has 0 aliphatic carbocycles. The van der Waals surface area contributed by atoms with Crippen molar-refractivity contribution in [2.45, 2.75) is 6.92 Å². The van der Waals surface area contributed by atoms with Gasteiger partial charge in [-0.25, -0.2) is 5.43 Å². The lowest BCUT2D eigenvalue weighted by molar-refractivity contribution is -0.117. The van der Waals surface area contributed by atoms with Crippen molar-refractivity contribution < 1.29 is 28.5 Å². The van der Waals surface area contributed by atoms with Crippen LogP contribution in [0.2, 0.25) is 0 Å². The molecule has 2 amide bonds. The second kappa shape index (κ2) is 11.6. The van der Waals surface area contributed by atoms with Crippen LogP contribution in [0.5, 0.6) is 23.0 Å². The summed E-state index contributed by atoms with van der Waals surface area (Å²) in [5.74, 6) is 1.29. The summed E-state index contributed by atoms with van der Waals surface area (Å²) in [6.45, 7) is 2.48. The van der Waals surface area contributed by atoms with Gasteiger partial charge in [0.2, 0.25) is 6.79 Å². The van der Waals surface area contributed by atoms with Crippen molar-refractivity contribution in [3.05, 3.63) is 89.1 Å². The van der Waals surface area contributed by atoms with Crippen LogP contribution in [0.4, 0.5) is 0 Å². The van der Waals surface area contributed by atoms with Gasteiger partial charge in [-0.2, -0.15) is 5.10 Å². The Balaban J connectivity index is 1.54. The van der Waals surface area contributed by atoms with E-state index < -0.39 is 11.8 Å². The highest BCUT2D eigenvalue weighted by molar-refractivity contribution is 6.05. The van der Waals surface area contributed by atoms with E-state index in [1.165, 1.54) is 12.3 Å². The summed E-state index contributed by atoms with van der Waals surface area (Å²) in [5, 5.41) is 6.71. The lowest BCUT2D eigenvalue weighted by atomic mass is 10.1. The molecule has 0 fully saturated rings. The van der Waals surface area contributed by atoms with E-state index in [1.54, 1.807) is 73.8 Å². The zero-order valence-corrected chi connectivity index (χ0v) is 19.8. The first-order valence-electron chi connectivity index (χ1n) is 11.2. The maximum Gasteiger partial charge on any atom is 0.287 e. The van der Waals surface area contributed by atoms with Crippen molar-refractivity contribution in [3.63, 3.8) is 0 Å². The molecule has 1 heterocycles. The summed E-state index contributed by atoms with van der Waals surface area (Å²) in [4.78, 5) is 25.8. The Morgan fingerprint density at radius 1 is 0.972 bits per heavy atom. The van der Waals surface area contributed by atoms with Gasteiger partial charge in [0.25, 0.3) is 11.8 Å². The number of amides is 2. The van der Waals surface area contributed by atoms with Crippen LogP contribution in [0.1, 0.15) is 28.4 Å². The van der Waals surface area contributed by atoms with Gasteiger partial charge in [-0.05, 0) is 66.6 Å². The topological polar surface area (TPSA) is 107 Å². The number of carbonyl (C=O) groups excluding carboxylic acids is 2. The van der Waals surface area contributed by atoms with Crippen LogP contribution in [0, 0.1) is 0 Å². The molecule has 0 spiro atoms. The van der Waals surface area contributed by atoms with E-state index in [9.17, 15) is 9.59 Å². The summed E-state index contributed by atoms with van der Waals surface area (Å²) in [6, 6.07) is 19.1. The third kappa shape index (κ3) is 6.01. The van der Waals surface area contributed by atoms with Crippen molar-refractivity contribution in [3.8, 4) is 23.0 Å². The molecule has 0 saturated carbocycles. The maximum absolute atomic E-state index is 13.0. The Morgan fingerprint density at radius 2 is 1.75 bits per heavy atom. The number of carbonyl (C=O) groups is 2. The molecule has 1 aliphatic rings. The van der Waals surface area contributed by atoms with Crippen LogP contribution in [0.25, 0.3) is 6.08 Å². The molecule has 0 radical (unpaired) electrons. The zero-order chi connectivity index (χ0) is 25.3. The number of nitrogens with zero attached hydrogens (tertiary/aromatic N) is 1. The lowest BCUT2D eigenvalue weighted by Gasteiger charge is -2.10. The van der Waals surface area contributed by atoms with Crippen molar-refractivity contribution in [1.82, 2.24) is 10.7 Å². The van der Waals surface area contributed by atoms with E-state index in [2.05, 4.69) is 15.8 Å². The highest BCUT2D eigenvalue weighted by atomic mass is 16.7. The van der Waals surface area contributed by atoms with Gasteiger partial charge in [-0.1, -0.05) is 24.3 Å². The number of rotatable bonds is 9. The first kappa shape index (κ1) is 24.3. The van der Waals surface area contributed by atoms with E-state index in [0.717, 1.165) is 0 Å². The largest absolute Gasteiger partial charge is 0.493 e. The Hall–Kier alpha value is -4.79. The van der Waals surface area contributed by atoms with Gasteiger partial charge in [0.15, 0.2) is 23.0 Å². The number of hydrogen-bond acceptors (Lipinski definition) is 7. The standard InChI is InChI=1S/C27H25N3O6/c1-3-34-24-15-19(10-11-22(24)33-2)16-28-30-27(32)21(29-26(31)20-7-5-4-6-8-20)13-18-9-12-23-25(14-18)36-17-35-23/h4-16H,3,17H2,1-2H3,(H,29,31)(H,30,32)/b21-13+,28-16-. The molecule has 3 aromatic carbocycles. The van der Waals surface area contributed by atoms with Gasteiger partial charge in [-0.3, -0.25) is 9.59 Å². The van der Waals surface area contributed by atoms with Crippen LogP contribution in [0.15, 0.2) is 77.5 Å². The first-order valence-corrected chi connectivity index (χ1v) is 11.2. The van der Waals surface area contributed by atoms with Crippen molar-refractivity contribution >= 4 is 24.1 Å². The van der Waals surface area contributed by atoms with Crippen LogP contribution >= 0.6 is 0 Å². The van der Waals surface area contributed by atoms with Gasteiger partial charge in [0.1, 0.15) is 5.70 Å². The Bertz CT molecular complexity index is 1300. The quantitative estimate of drug-likeness (QED) is 0.271. The second-order valence-corrected chi connectivity index (χ2v) is 7.53. The van der Waals surface area contributed by atoms with Gasteiger partial charge < -0.3 is 24.3 Å². The molecule has 9 heteroatoms. The number of benzene rings is 3. The van der Waals surface area contributed by atoms with Crippen LogP contribution in [-0.2, 0) is 4.79 Å². The number of fused-ring (bicyclic) bond motifs is 1. The molecule has 184 valence electrons. The average molecular weight is 488 g/mol. The highest BCUT2D eigenvalue weighted by Gasteiger charge is 2.17. The van der Waals surface area contributed by atoms with Crippen molar-refractivity contribution in [2.75, 3.05) is 20.5 Å². The van der Waals surface area contributed by atoms with E-state index >= 15 is 0 Å². The molecule has 4 rings (SSSR count). The summed E-state index contributed by atoms with van der Waals surface area (Å²) >= 11 is 0. The first-order chi connectivity index (χ1) is 17.6. The molecule has 0 unspecified atom stereocenters. The SMILES string of the molecule is CCOc1cc(/C=N\NC(=O)/C(=C\c2ccc3c(c2)OCO3)NC(=O)c2ccccc2)ccc1OC. The molecular weight excluding hydrogens is 462 g/mol. The number of hydrazone groups is 1. The lowest BCUT2D eigenvalue weighted by Crippen LogP contribution is -2.32. The van der Waals surface area contributed by atoms with E-state index in [0.29, 0.717) is 46.3 Å². The fraction of sp³-hybridized carbons (Fsp3) is 0.148. The molecule has 0 bridgehead atoms. The normalized spacial score (nSPS) is 12.3. The van der Waals surface area contributed by atoms with Crippen molar-refractivity contribution in [2.24, 2.45) is 5.10 Å². The van der Waals surface area contributed by atoms with Crippen molar-refractivity contribution in [1.29, 1.82) is 0 Å². The zero-order valence-electron chi connectivity index (χ0n) is 19.8. The minimum Gasteiger partial charge on any atom is -0.493 e. The predicted octanol–water partition coefficient (Wildman–Crippen LogP) is 3.74. The van der Waals surface area contributed by atoms with Crippen LogP contribution < -0.4 is 29.7 Å². The summed E-state index contributed by atoms with van der Waals surface area (Å²) in [7, 11) is 1.56. The number of nitrogens with one attached hydrogen (secondary N) is 2.